The average molecular weight is 248 g/mol. The lowest BCUT2D eigenvalue weighted by atomic mass is 9.61. The summed E-state index contributed by atoms with van der Waals surface area (Å²) in [6.07, 6.45) is 6.56. The van der Waals surface area contributed by atoms with Gasteiger partial charge in [0.25, 0.3) is 0 Å². The number of carbonyl (C=O) groups excluding carboxylic acids is 1. The number of carbonyl (C=O) groups is 1. The molecule has 3 atom stereocenters. The van der Waals surface area contributed by atoms with Gasteiger partial charge in [-0.1, -0.05) is 31.9 Å². The topological polar surface area (TPSA) is 46.5 Å². The summed E-state index contributed by atoms with van der Waals surface area (Å²) in [5.41, 5.74) is 3.03. The maximum atomic E-state index is 11.7. The van der Waals surface area contributed by atoms with Crippen LogP contribution in [0.15, 0.2) is 22.8 Å². The van der Waals surface area contributed by atoms with E-state index in [9.17, 15) is 9.90 Å². The van der Waals surface area contributed by atoms with Gasteiger partial charge in [0.1, 0.15) is 6.10 Å². The number of esters is 1. The van der Waals surface area contributed by atoms with Crippen LogP contribution in [0.1, 0.15) is 39.5 Å². The van der Waals surface area contributed by atoms with Crippen LogP contribution in [-0.2, 0) is 9.53 Å². The van der Waals surface area contributed by atoms with Gasteiger partial charge in [0.2, 0.25) is 0 Å². The van der Waals surface area contributed by atoms with Gasteiger partial charge in [-0.15, -0.1) is 0 Å². The third-order valence-electron chi connectivity index (χ3n) is 4.89. The van der Waals surface area contributed by atoms with Gasteiger partial charge in [-0.05, 0) is 30.6 Å². The summed E-state index contributed by atoms with van der Waals surface area (Å²) in [5.74, 6) is 0.247. The Bertz CT molecular complexity index is 460. The predicted molar refractivity (Wildman–Crippen MR) is 67.8 cm³/mol. The molecule has 0 saturated heterocycles. The normalized spacial score (nSPS) is 39.1. The first-order valence-electron chi connectivity index (χ1n) is 6.82. The molecule has 1 N–H and O–H groups in total. The molecule has 0 unspecified atom stereocenters. The summed E-state index contributed by atoms with van der Waals surface area (Å²) in [7, 11) is 0. The highest BCUT2D eigenvalue weighted by molar-refractivity contribution is 5.93. The number of aliphatic hydroxyl groups excluding tert-OH is 1. The molecule has 0 radical (unpaired) electrons. The lowest BCUT2D eigenvalue weighted by molar-refractivity contribution is -0.141. The summed E-state index contributed by atoms with van der Waals surface area (Å²) in [5, 5.41) is 9.31. The molecule has 1 fully saturated rings. The lowest BCUT2D eigenvalue weighted by Crippen LogP contribution is -2.36. The summed E-state index contributed by atoms with van der Waals surface area (Å²) in [4.78, 5) is 11.7. The maximum absolute atomic E-state index is 11.7. The minimum absolute atomic E-state index is 0.126. The minimum Gasteiger partial charge on any atom is -0.454 e. The van der Waals surface area contributed by atoms with Crippen LogP contribution < -0.4 is 0 Å². The number of hydrogen-bond donors (Lipinski definition) is 1. The Balaban J connectivity index is 2.08. The predicted octanol–water partition coefficient (Wildman–Crippen LogP) is 2.36. The molecule has 3 heteroatoms. The van der Waals surface area contributed by atoms with Crippen LogP contribution in [0.25, 0.3) is 0 Å². The highest BCUT2D eigenvalue weighted by Crippen LogP contribution is 2.52. The first-order valence-corrected chi connectivity index (χ1v) is 6.82. The number of fused-ring (bicyclic) bond motifs is 2. The third kappa shape index (κ3) is 1.57. The maximum Gasteiger partial charge on any atom is 0.337 e. The van der Waals surface area contributed by atoms with Crippen molar-refractivity contribution in [3.63, 3.8) is 0 Å². The summed E-state index contributed by atoms with van der Waals surface area (Å²) in [6.45, 7) is 4.34. The molecule has 0 aromatic heterocycles. The van der Waals surface area contributed by atoms with Crippen LogP contribution in [0.3, 0.4) is 0 Å². The molecule has 0 bridgehead atoms. The molecule has 0 aromatic carbocycles. The molecular weight excluding hydrogens is 228 g/mol. The molecule has 0 spiro atoms. The number of hydrogen-bond acceptors (Lipinski definition) is 3. The zero-order valence-electron chi connectivity index (χ0n) is 11.0. The Morgan fingerprint density at radius 1 is 1.56 bits per heavy atom. The van der Waals surface area contributed by atoms with E-state index in [4.69, 9.17) is 4.74 Å². The molecule has 3 rings (SSSR count). The number of ether oxygens (including phenoxy) is 1. The van der Waals surface area contributed by atoms with Crippen LogP contribution in [0.5, 0.6) is 0 Å². The van der Waals surface area contributed by atoms with Gasteiger partial charge < -0.3 is 9.84 Å². The molecule has 0 aromatic rings. The SMILES string of the molecule is C[C@H]1CCC[C@]2(C)C[C@H]3OC(=O)C(CO)=C3C=C12. The standard InChI is InChI=1S/C15H20O3/c1-9-4-3-5-15(2)7-13-10(6-12(9)15)11(8-16)14(17)18-13/h6,9,13,16H,3-5,7-8H2,1-2H3/t9-,13+,15+/m0/s1. The van der Waals surface area contributed by atoms with Crippen LogP contribution in [0, 0.1) is 11.3 Å². The Labute approximate surface area is 108 Å². The minimum atomic E-state index is -0.329. The van der Waals surface area contributed by atoms with E-state index in [-0.39, 0.29) is 24.1 Å². The second kappa shape index (κ2) is 3.95. The zero-order valence-corrected chi connectivity index (χ0v) is 11.0. The van der Waals surface area contributed by atoms with Crippen LogP contribution in [0.2, 0.25) is 0 Å². The third-order valence-corrected chi connectivity index (χ3v) is 4.89. The molecule has 0 amide bonds. The quantitative estimate of drug-likeness (QED) is 0.725. The van der Waals surface area contributed by atoms with Crippen molar-refractivity contribution in [2.24, 2.45) is 11.3 Å². The van der Waals surface area contributed by atoms with E-state index in [1.165, 1.54) is 24.8 Å². The first kappa shape index (κ1) is 12.0. The van der Waals surface area contributed by atoms with E-state index in [0.717, 1.165) is 12.0 Å². The van der Waals surface area contributed by atoms with Crippen molar-refractivity contribution in [1.29, 1.82) is 0 Å². The highest BCUT2D eigenvalue weighted by Gasteiger charge is 2.45. The average Bonchev–Trinajstić information content (AvgIpc) is 2.60. The van der Waals surface area contributed by atoms with Crippen molar-refractivity contribution in [2.75, 3.05) is 6.61 Å². The number of aliphatic hydroxyl groups is 1. The van der Waals surface area contributed by atoms with Crippen molar-refractivity contribution < 1.29 is 14.6 Å². The van der Waals surface area contributed by atoms with Gasteiger partial charge in [0.05, 0.1) is 12.2 Å². The number of allylic oxidation sites excluding steroid dienone is 1. The Morgan fingerprint density at radius 2 is 2.33 bits per heavy atom. The Hall–Kier alpha value is -1.09. The second-order valence-electron chi connectivity index (χ2n) is 6.14. The molecule has 98 valence electrons. The van der Waals surface area contributed by atoms with Crippen LogP contribution in [0.4, 0.5) is 0 Å². The van der Waals surface area contributed by atoms with Gasteiger partial charge in [-0.25, -0.2) is 4.79 Å². The van der Waals surface area contributed by atoms with Gasteiger partial charge in [0.15, 0.2) is 0 Å². The van der Waals surface area contributed by atoms with Crippen molar-refractivity contribution >= 4 is 5.97 Å². The van der Waals surface area contributed by atoms with Gasteiger partial charge in [-0.3, -0.25) is 0 Å². The van der Waals surface area contributed by atoms with E-state index in [0.29, 0.717) is 11.5 Å². The molecule has 3 nitrogen and oxygen atoms in total. The molecule has 1 heterocycles. The van der Waals surface area contributed by atoms with Crippen LogP contribution >= 0.6 is 0 Å². The van der Waals surface area contributed by atoms with Gasteiger partial charge in [-0.2, -0.15) is 0 Å². The molecule has 1 aliphatic heterocycles. The molecule has 18 heavy (non-hydrogen) atoms. The van der Waals surface area contributed by atoms with Crippen molar-refractivity contribution in [3.8, 4) is 0 Å². The van der Waals surface area contributed by atoms with Crippen molar-refractivity contribution in [2.45, 2.75) is 45.6 Å². The fourth-order valence-corrected chi connectivity index (χ4v) is 3.87. The van der Waals surface area contributed by atoms with Crippen molar-refractivity contribution in [3.05, 3.63) is 22.8 Å². The molecule has 3 aliphatic rings. The molecule has 2 aliphatic carbocycles. The summed E-state index contributed by atoms with van der Waals surface area (Å²) in [6, 6.07) is 0. The highest BCUT2D eigenvalue weighted by atomic mass is 16.5. The fourth-order valence-electron chi connectivity index (χ4n) is 3.87. The number of rotatable bonds is 1. The Kier molecular flexibility index (Phi) is 2.63. The Morgan fingerprint density at radius 3 is 3.06 bits per heavy atom. The van der Waals surface area contributed by atoms with Gasteiger partial charge in [0, 0.05) is 5.57 Å². The van der Waals surface area contributed by atoms with E-state index in [2.05, 4.69) is 19.9 Å². The molecule has 1 saturated carbocycles. The van der Waals surface area contributed by atoms with Gasteiger partial charge >= 0.3 is 5.97 Å². The summed E-state index contributed by atoms with van der Waals surface area (Å²) < 4.78 is 5.40. The smallest absolute Gasteiger partial charge is 0.337 e. The van der Waals surface area contributed by atoms with E-state index < -0.39 is 0 Å². The zero-order chi connectivity index (χ0) is 12.9. The summed E-state index contributed by atoms with van der Waals surface area (Å²) >= 11 is 0. The van der Waals surface area contributed by atoms with Crippen LogP contribution in [-0.4, -0.2) is 23.8 Å². The van der Waals surface area contributed by atoms with E-state index >= 15 is 0 Å². The fraction of sp³-hybridized carbons (Fsp3) is 0.667. The largest absolute Gasteiger partial charge is 0.454 e. The lowest BCUT2D eigenvalue weighted by Gasteiger charge is -2.44. The monoisotopic (exact) mass is 248 g/mol. The second-order valence-corrected chi connectivity index (χ2v) is 6.14. The van der Waals surface area contributed by atoms with E-state index in [1.807, 2.05) is 0 Å². The molecular formula is C15H20O3. The first-order chi connectivity index (χ1) is 8.55. The van der Waals surface area contributed by atoms with Crippen molar-refractivity contribution in [1.82, 2.24) is 0 Å². The van der Waals surface area contributed by atoms with E-state index in [1.54, 1.807) is 0 Å².